The topological polar surface area (TPSA) is 86.9 Å². The highest BCUT2D eigenvalue weighted by molar-refractivity contribution is 6.33. The van der Waals surface area contributed by atoms with Crippen LogP contribution in [0.25, 0.3) is 11.5 Å². The molecule has 2 aromatic carbocycles. The molecule has 0 N–H and O–H groups in total. The van der Waals surface area contributed by atoms with Gasteiger partial charge in [-0.15, -0.1) is 10.2 Å². The molecule has 0 saturated carbocycles. The molecule has 9 heteroatoms. The van der Waals surface area contributed by atoms with Crippen molar-refractivity contribution in [1.82, 2.24) is 15.1 Å². The van der Waals surface area contributed by atoms with E-state index in [9.17, 15) is 4.79 Å². The second-order valence-electron chi connectivity index (χ2n) is 6.92. The first-order chi connectivity index (χ1) is 14.9. The number of hydrogen-bond donors (Lipinski definition) is 0. The van der Waals surface area contributed by atoms with E-state index in [-0.39, 0.29) is 18.5 Å². The van der Waals surface area contributed by atoms with Gasteiger partial charge in [-0.05, 0) is 38.1 Å². The van der Waals surface area contributed by atoms with Gasteiger partial charge in [0.2, 0.25) is 17.5 Å². The summed E-state index contributed by atoms with van der Waals surface area (Å²) in [5.74, 6) is 1.56. The molecule has 0 radical (unpaired) electrons. The number of carbonyl (C=O) groups is 1. The largest absolute Gasteiger partial charge is 0.493 e. The lowest BCUT2D eigenvalue weighted by atomic mass is 10.1. The Morgan fingerprint density at radius 2 is 1.71 bits per heavy atom. The van der Waals surface area contributed by atoms with E-state index in [4.69, 9.17) is 30.2 Å². The summed E-state index contributed by atoms with van der Waals surface area (Å²) in [5.41, 5.74) is 1.02. The van der Waals surface area contributed by atoms with E-state index in [2.05, 4.69) is 10.2 Å². The maximum absolute atomic E-state index is 13.3. The number of carbonyl (C=O) groups excluding carboxylic acids is 1. The molecule has 0 aliphatic rings. The Morgan fingerprint density at radius 1 is 1.06 bits per heavy atom. The van der Waals surface area contributed by atoms with Gasteiger partial charge in [-0.1, -0.05) is 23.7 Å². The van der Waals surface area contributed by atoms with Gasteiger partial charge in [0.25, 0.3) is 5.91 Å². The van der Waals surface area contributed by atoms with E-state index in [0.717, 1.165) is 0 Å². The first-order valence-electron chi connectivity index (χ1n) is 9.57. The summed E-state index contributed by atoms with van der Waals surface area (Å²) in [6.07, 6.45) is 0. The number of nitrogens with zero attached hydrogens (tertiary/aromatic N) is 3. The maximum Gasteiger partial charge on any atom is 0.254 e. The number of amides is 1. The zero-order valence-corrected chi connectivity index (χ0v) is 18.8. The number of methoxy groups -OCH3 is 3. The van der Waals surface area contributed by atoms with Gasteiger partial charge in [-0.3, -0.25) is 4.79 Å². The highest BCUT2D eigenvalue weighted by atomic mass is 35.5. The van der Waals surface area contributed by atoms with E-state index in [1.54, 1.807) is 29.2 Å². The van der Waals surface area contributed by atoms with Crippen LogP contribution < -0.4 is 14.2 Å². The SMILES string of the molecule is COc1cc(C(=O)N(Cc2nnc(-c3ccccc3Cl)o2)C(C)C)cc(OC)c1OC. The predicted octanol–water partition coefficient (Wildman–Crippen LogP) is 4.47. The molecule has 0 aliphatic heterocycles. The minimum absolute atomic E-state index is 0.130. The molecule has 1 aromatic heterocycles. The van der Waals surface area contributed by atoms with Crippen molar-refractivity contribution in [2.24, 2.45) is 0 Å². The van der Waals surface area contributed by atoms with Gasteiger partial charge in [0.15, 0.2) is 11.5 Å². The molecule has 0 saturated heterocycles. The van der Waals surface area contributed by atoms with Crippen LogP contribution in [-0.2, 0) is 6.54 Å². The number of rotatable bonds is 8. The van der Waals surface area contributed by atoms with Crippen molar-refractivity contribution < 1.29 is 23.4 Å². The van der Waals surface area contributed by atoms with Crippen LogP contribution >= 0.6 is 11.6 Å². The van der Waals surface area contributed by atoms with Gasteiger partial charge in [-0.25, -0.2) is 0 Å². The van der Waals surface area contributed by atoms with E-state index in [1.165, 1.54) is 21.3 Å². The van der Waals surface area contributed by atoms with Crippen LogP contribution in [0.1, 0.15) is 30.1 Å². The second kappa shape index (κ2) is 9.70. The van der Waals surface area contributed by atoms with Crippen molar-refractivity contribution in [2.45, 2.75) is 26.4 Å². The van der Waals surface area contributed by atoms with Gasteiger partial charge in [0.1, 0.15) is 0 Å². The molecular weight excluding hydrogens is 422 g/mol. The summed E-state index contributed by atoms with van der Waals surface area (Å²) in [5, 5.41) is 8.67. The normalized spacial score (nSPS) is 10.8. The highest BCUT2D eigenvalue weighted by Crippen LogP contribution is 2.38. The monoisotopic (exact) mass is 445 g/mol. The minimum atomic E-state index is -0.244. The molecule has 0 fully saturated rings. The fourth-order valence-corrected chi connectivity index (χ4v) is 3.28. The van der Waals surface area contributed by atoms with Crippen molar-refractivity contribution in [3.8, 4) is 28.7 Å². The fraction of sp³-hybridized carbons (Fsp3) is 0.318. The van der Waals surface area contributed by atoms with Crippen LogP contribution in [0.4, 0.5) is 0 Å². The van der Waals surface area contributed by atoms with Gasteiger partial charge in [0, 0.05) is 11.6 Å². The number of hydrogen-bond acceptors (Lipinski definition) is 7. The van der Waals surface area contributed by atoms with Crippen LogP contribution in [0, 0.1) is 0 Å². The molecule has 3 rings (SSSR count). The lowest BCUT2D eigenvalue weighted by molar-refractivity contribution is 0.0671. The summed E-state index contributed by atoms with van der Waals surface area (Å²) in [7, 11) is 4.51. The van der Waals surface area contributed by atoms with Crippen LogP contribution in [0.5, 0.6) is 17.2 Å². The third kappa shape index (κ3) is 4.74. The average Bonchev–Trinajstić information content (AvgIpc) is 3.24. The van der Waals surface area contributed by atoms with Gasteiger partial charge in [0.05, 0.1) is 38.5 Å². The Labute approximate surface area is 185 Å². The van der Waals surface area contributed by atoms with Crippen LogP contribution in [0.2, 0.25) is 5.02 Å². The van der Waals surface area contributed by atoms with Crippen LogP contribution in [0.15, 0.2) is 40.8 Å². The molecule has 31 heavy (non-hydrogen) atoms. The molecule has 8 nitrogen and oxygen atoms in total. The number of aromatic nitrogens is 2. The molecule has 0 bridgehead atoms. The Bertz CT molecular complexity index is 1040. The third-order valence-electron chi connectivity index (χ3n) is 4.67. The standard InChI is InChI=1S/C22H24ClN3O5/c1-13(2)26(12-19-24-25-21(31-19)15-8-6-7-9-16(15)23)22(27)14-10-17(28-3)20(30-5)18(11-14)29-4/h6-11,13H,12H2,1-5H3. The van der Waals surface area contributed by atoms with Crippen molar-refractivity contribution in [3.63, 3.8) is 0 Å². The van der Waals surface area contributed by atoms with Crippen LogP contribution in [0.3, 0.4) is 0 Å². The molecule has 3 aromatic rings. The summed E-state index contributed by atoms with van der Waals surface area (Å²) in [4.78, 5) is 14.9. The molecule has 0 aliphatic carbocycles. The van der Waals surface area contributed by atoms with Gasteiger partial charge in [-0.2, -0.15) is 0 Å². The predicted molar refractivity (Wildman–Crippen MR) is 116 cm³/mol. The smallest absolute Gasteiger partial charge is 0.254 e. The first-order valence-corrected chi connectivity index (χ1v) is 9.95. The number of halogens is 1. The summed E-state index contributed by atoms with van der Waals surface area (Å²) in [6, 6.07) is 10.3. The Kier molecular flexibility index (Phi) is 7.02. The molecule has 1 amide bonds. The van der Waals surface area contributed by atoms with E-state index >= 15 is 0 Å². The average molecular weight is 446 g/mol. The van der Waals surface area contributed by atoms with E-state index in [0.29, 0.717) is 45.2 Å². The molecule has 0 unspecified atom stereocenters. The third-order valence-corrected chi connectivity index (χ3v) is 5.00. The molecule has 164 valence electrons. The summed E-state index contributed by atoms with van der Waals surface area (Å²) in [6.45, 7) is 3.94. The maximum atomic E-state index is 13.3. The molecule has 0 atom stereocenters. The quantitative estimate of drug-likeness (QED) is 0.505. The highest BCUT2D eigenvalue weighted by Gasteiger charge is 2.25. The first kappa shape index (κ1) is 22.4. The van der Waals surface area contributed by atoms with Crippen molar-refractivity contribution in [3.05, 3.63) is 52.9 Å². The molecule has 0 spiro atoms. The zero-order chi connectivity index (χ0) is 22.5. The minimum Gasteiger partial charge on any atom is -0.493 e. The zero-order valence-electron chi connectivity index (χ0n) is 18.0. The molecule has 1 heterocycles. The van der Waals surface area contributed by atoms with Crippen molar-refractivity contribution >= 4 is 17.5 Å². The Balaban J connectivity index is 1.90. The lowest BCUT2D eigenvalue weighted by Crippen LogP contribution is -2.36. The number of ether oxygens (including phenoxy) is 3. The fourth-order valence-electron chi connectivity index (χ4n) is 3.07. The summed E-state index contributed by atoms with van der Waals surface area (Å²) >= 11 is 6.21. The second-order valence-corrected chi connectivity index (χ2v) is 7.33. The summed E-state index contributed by atoms with van der Waals surface area (Å²) < 4.78 is 21.8. The van der Waals surface area contributed by atoms with E-state index < -0.39 is 0 Å². The molecular formula is C22H24ClN3O5. The lowest BCUT2D eigenvalue weighted by Gasteiger charge is -2.26. The Hall–Kier alpha value is -3.26. The number of benzene rings is 2. The van der Waals surface area contributed by atoms with Gasteiger partial charge < -0.3 is 23.5 Å². The van der Waals surface area contributed by atoms with Crippen LogP contribution in [-0.4, -0.2) is 48.4 Å². The van der Waals surface area contributed by atoms with Crippen molar-refractivity contribution in [1.29, 1.82) is 0 Å². The Morgan fingerprint density at radius 3 is 2.26 bits per heavy atom. The van der Waals surface area contributed by atoms with Gasteiger partial charge >= 0.3 is 0 Å². The van der Waals surface area contributed by atoms with Crippen molar-refractivity contribution in [2.75, 3.05) is 21.3 Å². The van der Waals surface area contributed by atoms with E-state index in [1.807, 2.05) is 26.0 Å².